The molecule has 0 aliphatic rings. The second kappa shape index (κ2) is 3.10. The van der Waals surface area contributed by atoms with Gasteiger partial charge in [0.25, 0.3) is 0 Å². The summed E-state index contributed by atoms with van der Waals surface area (Å²) >= 11 is 1.36. The number of aromatic nitrogens is 2. The van der Waals surface area contributed by atoms with Crippen LogP contribution in [-0.2, 0) is 0 Å². The monoisotopic (exact) mass is 196 g/mol. The molecule has 1 N–H and O–H groups in total. The Hall–Kier alpha value is -1.49. The Labute approximate surface area is 76.9 Å². The standard InChI is InChI=1S/C8H5FN2OS/c9-5-4-10-8(12)11-7(5)6-2-1-3-13-6/h1-4H,(H,10,11,12). The van der Waals surface area contributed by atoms with Crippen molar-refractivity contribution < 1.29 is 4.39 Å². The summed E-state index contributed by atoms with van der Waals surface area (Å²) in [6.45, 7) is 0. The van der Waals surface area contributed by atoms with E-state index in [9.17, 15) is 9.18 Å². The van der Waals surface area contributed by atoms with Gasteiger partial charge in [-0.1, -0.05) is 6.07 Å². The summed E-state index contributed by atoms with van der Waals surface area (Å²) in [5.74, 6) is -0.512. The molecular weight excluding hydrogens is 191 g/mol. The summed E-state index contributed by atoms with van der Waals surface area (Å²) in [4.78, 5) is 17.1. The van der Waals surface area contributed by atoms with Crippen molar-refractivity contribution in [3.05, 3.63) is 40.0 Å². The van der Waals surface area contributed by atoms with Gasteiger partial charge in [-0.2, -0.15) is 4.98 Å². The van der Waals surface area contributed by atoms with Crippen LogP contribution >= 0.6 is 11.3 Å². The molecule has 0 aromatic carbocycles. The average Bonchev–Trinajstić information content (AvgIpc) is 2.61. The second-order valence-electron chi connectivity index (χ2n) is 2.39. The Morgan fingerprint density at radius 2 is 2.38 bits per heavy atom. The van der Waals surface area contributed by atoms with Gasteiger partial charge in [-0.15, -0.1) is 11.3 Å². The molecule has 0 aliphatic carbocycles. The van der Waals surface area contributed by atoms with Gasteiger partial charge in [0.15, 0.2) is 5.82 Å². The van der Waals surface area contributed by atoms with E-state index in [0.717, 1.165) is 6.20 Å². The molecule has 0 saturated heterocycles. The lowest BCUT2D eigenvalue weighted by Gasteiger charge is -1.96. The second-order valence-corrected chi connectivity index (χ2v) is 3.34. The first-order valence-corrected chi connectivity index (χ1v) is 4.44. The number of H-pyrrole nitrogens is 1. The summed E-state index contributed by atoms with van der Waals surface area (Å²) in [6.07, 6.45) is 0.924. The van der Waals surface area contributed by atoms with Gasteiger partial charge in [0, 0.05) is 0 Å². The van der Waals surface area contributed by atoms with Crippen molar-refractivity contribution in [1.29, 1.82) is 0 Å². The fourth-order valence-corrected chi connectivity index (χ4v) is 1.71. The Balaban J connectivity index is 2.64. The molecule has 0 spiro atoms. The number of hydrogen-bond donors (Lipinski definition) is 1. The molecule has 0 fully saturated rings. The van der Waals surface area contributed by atoms with Crippen LogP contribution in [0.1, 0.15) is 0 Å². The predicted molar refractivity (Wildman–Crippen MR) is 48.1 cm³/mol. The topological polar surface area (TPSA) is 45.8 Å². The van der Waals surface area contributed by atoms with E-state index in [-0.39, 0.29) is 5.69 Å². The maximum Gasteiger partial charge on any atom is 0.345 e. The first-order valence-electron chi connectivity index (χ1n) is 3.56. The number of rotatable bonds is 1. The van der Waals surface area contributed by atoms with E-state index in [1.54, 1.807) is 12.1 Å². The molecule has 2 rings (SSSR count). The Kier molecular flexibility index (Phi) is 1.94. The summed E-state index contributed by atoms with van der Waals surface area (Å²) in [6, 6.07) is 3.53. The smallest absolute Gasteiger partial charge is 0.302 e. The van der Waals surface area contributed by atoms with Crippen molar-refractivity contribution in [3.63, 3.8) is 0 Å². The van der Waals surface area contributed by atoms with Gasteiger partial charge in [0.2, 0.25) is 0 Å². The summed E-state index contributed by atoms with van der Waals surface area (Å²) in [5.41, 5.74) is -0.334. The van der Waals surface area contributed by atoms with E-state index < -0.39 is 11.5 Å². The van der Waals surface area contributed by atoms with Gasteiger partial charge in [-0.25, -0.2) is 9.18 Å². The number of nitrogens with one attached hydrogen (secondary N) is 1. The molecule has 0 unspecified atom stereocenters. The van der Waals surface area contributed by atoms with E-state index in [4.69, 9.17) is 0 Å². The molecule has 3 nitrogen and oxygen atoms in total. The van der Waals surface area contributed by atoms with E-state index >= 15 is 0 Å². The lowest BCUT2D eigenvalue weighted by molar-refractivity contribution is 0.616. The van der Waals surface area contributed by atoms with Crippen LogP contribution < -0.4 is 5.69 Å². The molecule has 0 radical (unpaired) electrons. The zero-order valence-corrected chi connectivity index (χ0v) is 7.27. The molecule has 0 bridgehead atoms. The molecule has 2 aromatic rings. The first-order chi connectivity index (χ1) is 6.27. The van der Waals surface area contributed by atoms with Crippen molar-refractivity contribution in [1.82, 2.24) is 9.97 Å². The number of aromatic amines is 1. The van der Waals surface area contributed by atoms with Gasteiger partial charge in [-0.3, -0.25) is 0 Å². The van der Waals surface area contributed by atoms with Crippen LogP contribution in [0.5, 0.6) is 0 Å². The molecule has 2 aromatic heterocycles. The SMILES string of the molecule is O=c1ncc(F)c(-c2cccs2)[nH]1. The van der Waals surface area contributed by atoms with Gasteiger partial charge in [-0.05, 0) is 11.4 Å². The highest BCUT2D eigenvalue weighted by molar-refractivity contribution is 7.13. The molecule has 0 aliphatic heterocycles. The summed E-state index contributed by atoms with van der Waals surface area (Å²) < 4.78 is 13.1. The lowest BCUT2D eigenvalue weighted by Crippen LogP contribution is -2.11. The van der Waals surface area contributed by atoms with Crippen LogP contribution in [0.4, 0.5) is 4.39 Å². The quantitative estimate of drug-likeness (QED) is 0.753. The predicted octanol–water partition coefficient (Wildman–Crippen LogP) is 1.64. The van der Waals surface area contributed by atoms with Gasteiger partial charge in [0.1, 0.15) is 0 Å². The highest BCUT2D eigenvalue weighted by atomic mass is 32.1. The molecule has 5 heteroatoms. The van der Waals surface area contributed by atoms with E-state index in [2.05, 4.69) is 9.97 Å². The fourth-order valence-electron chi connectivity index (χ4n) is 0.979. The van der Waals surface area contributed by atoms with Crippen LogP contribution in [0.2, 0.25) is 0 Å². The molecule has 0 atom stereocenters. The number of hydrogen-bond acceptors (Lipinski definition) is 3. The highest BCUT2D eigenvalue weighted by Crippen LogP contribution is 2.23. The van der Waals surface area contributed by atoms with E-state index in [1.807, 2.05) is 5.38 Å². The zero-order valence-electron chi connectivity index (χ0n) is 6.45. The van der Waals surface area contributed by atoms with Crippen molar-refractivity contribution in [2.24, 2.45) is 0 Å². The van der Waals surface area contributed by atoms with Crippen molar-refractivity contribution in [2.75, 3.05) is 0 Å². The first kappa shape index (κ1) is 8.12. The number of thiophene rings is 1. The lowest BCUT2D eigenvalue weighted by atomic mass is 10.3. The third-order valence-corrected chi connectivity index (χ3v) is 2.42. The third-order valence-electron chi connectivity index (χ3n) is 1.53. The molecular formula is C8H5FN2OS. The Morgan fingerprint density at radius 1 is 1.54 bits per heavy atom. The summed E-state index contributed by atoms with van der Waals surface area (Å²) in [7, 11) is 0. The minimum absolute atomic E-state index is 0.204. The molecule has 13 heavy (non-hydrogen) atoms. The van der Waals surface area contributed by atoms with E-state index in [1.165, 1.54) is 11.3 Å². The minimum atomic E-state index is -0.537. The van der Waals surface area contributed by atoms with Crippen molar-refractivity contribution in [3.8, 4) is 10.6 Å². The normalized spacial score (nSPS) is 10.2. The van der Waals surface area contributed by atoms with Crippen LogP contribution in [0, 0.1) is 5.82 Å². The van der Waals surface area contributed by atoms with Crippen molar-refractivity contribution in [2.45, 2.75) is 0 Å². The van der Waals surface area contributed by atoms with Crippen LogP contribution in [0.25, 0.3) is 10.6 Å². The van der Waals surface area contributed by atoms with Gasteiger partial charge < -0.3 is 4.98 Å². The number of nitrogens with zero attached hydrogens (tertiary/aromatic N) is 1. The molecule has 66 valence electrons. The Morgan fingerprint density at radius 3 is 3.08 bits per heavy atom. The Bertz CT molecular complexity index is 463. The van der Waals surface area contributed by atoms with Crippen LogP contribution in [0.15, 0.2) is 28.5 Å². The fraction of sp³-hybridized carbons (Fsp3) is 0. The van der Waals surface area contributed by atoms with Crippen LogP contribution in [0.3, 0.4) is 0 Å². The number of halogens is 1. The van der Waals surface area contributed by atoms with E-state index in [0.29, 0.717) is 4.88 Å². The van der Waals surface area contributed by atoms with Crippen molar-refractivity contribution >= 4 is 11.3 Å². The highest BCUT2D eigenvalue weighted by Gasteiger charge is 2.06. The largest absolute Gasteiger partial charge is 0.345 e. The zero-order chi connectivity index (χ0) is 9.26. The van der Waals surface area contributed by atoms with Crippen LogP contribution in [-0.4, -0.2) is 9.97 Å². The van der Waals surface area contributed by atoms with Gasteiger partial charge in [0.05, 0.1) is 16.8 Å². The third kappa shape index (κ3) is 1.50. The molecule has 0 amide bonds. The average molecular weight is 196 g/mol. The maximum absolute atomic E-state index is 13.1. The van der Waals surface area contributed by atoms with Gasteiger partial charge >= 0.3 is 5.69 Å². The maximum atomic E-state index is 13.1. The molecule has 0 saturated carbocycles. The molecule has 2 heterocycles. The summed E-state index contributed by atoms with van der Waals surface area (Å²) in [5, 5.41) is 1.81. The minimum Gasteiger partial charge on any atom is -0.302 e.